The van der Waals surface area contributed by atoms with Crippen LogP contribution < -0.4 is 5.56 Å². The minimum atomic E-state index is -0.304. The number of hydrogen-bond donors (Lipinski definition) is 1. The molecule has 0 aliphatic rings. The minimum absolute atomic E-state index is 0.137. The summed E-state index contributed by atoms with van der Waals surface area (Å²) in [6.07, 6.45) is 1.84. The van der Waals surface area contributed by atoms with Gasteiger partial charge in [-0.15, -0.1) is 0 Å². The highest BCUT2D eigenvalue weighted by atomic mass is 32.2. The first kappa shape index (κ1) is 9.28. The van der Waals surface area contributed by atoms with Gasteiger partial charge in [-0.1, -0.05) is 11.8 Å². The van der Waals surface area contributed by atoms with E-state index in [9.17, 15) is 4.79 Å². The van der Waals surface area contributed by atoms with Crippen molar-refractivity contribution >= 4 is 11.8 Å². The highest BCUT2D eigenvalue weighted by Crippen LogP contribution is 2.09. The standard InChI is InChI=1S/C7H10N2O2S/c1-9-5(4-10)3-6(11)8-7(9)12-2/h3,10H,4H2,1-2H3. The van der Waals surface area contributed by atoms with Crippen LogP contribution in [0, 0.1) is 0 Å². The molecule has 1 N–H and O–H groups in total. The van der Waals surface area contributed by atoms with Gasteiger partial charge in [0, 0.05) is 13.1 Å². The molecule has 0 atom stereocenters. The first-order chi connectivity index (χ1) is 5.69. The molecule has 1 heterocycles. The molecule has 12 heavy (non-hydrogen) atoms. The number of aliphatic hydroxyl groups is 1. The van der Waals surface area contributed by atoms with Crippen molar-refractivity contribution in [3.05, 3.63) is 22.1 Å². The first-order valence-electron chi connectivity index (χ1n) is 3.41. The predicted molar refractivity (Wildman–Crippen MR) is 47.2 cm³/mol. The Bertz CT molecular complexity index is 306. The molecule has 0 aromatic carbocycles. The number of rotatable bonds is 2. The van der Waals surface area contributed by atoms with E-state index >= 15 is 0 Å². The number of aliphatic hydroxyl groups excluding tert-OH is 1. The molecule has 0 amide bonds. The SMILES string of the molecule is CSc1nc(=O)cc(CO)n1C. The molecule has 0 spiro atoms. The molecule has 66 valence electrons. The van der Waals surface area contributed by atoms with E-state index in [0.717, 1.165) is 0 Å². The maximum absolute atomic E-state index is 10.9. The fraction of sp³-hybridized carbons (Fsp3) is 0.429. The summed E-state index contributed by atoms with van der Waals surface area (Å²) >= 11 is 1.38. The van der Waals surface area contributed by atoms with Crippen LogP contribution in [0.5, 0.6) is 0 Å². The maximum atomic E-state index is 10.9. The fourth-order valence-electron chi connectivity index (χ4n) is 0.898. The third-order valence-electron chi connectivity index (χ3n) is 1.56. The van der Waals surface area contributed by atoms with Crippen LogP contribution in [0.15, 0.2) is 16.0 Å². The number of nitrogens with zero attached hydrogens (tertiary/aromatic N) is 2. The molecule has 0 aliphatic carbocycles. The molecule has 1 rings (SSSR count). The Kier molecular flexibility index (Phi) is 2.88. The third kappa shape index (κ3) is 1.67. The molecule has 0 fully saturated rings. The Balaban J connectivity index is 3.32. The predicted octanol–water partition coefficient (Wildman–Crippen LogP) is -0.00550. The molecule has 0 saturated carbocycles. The lowest BCUT2D eigenvalue weighted by molar-refractivity contribution is 0.268. The summed E-state index contributed by atoms with van der Waals surface area (Å²) in [6.45, 7) is -0.137. The summed E-state index contributed by atoms with van der Waals surface area (Å²) in [4.78, 5) is 14.7. The van der Waals surface area contributed by atoms with Crippen LogP contribution in [0.25, 0.3) is 0 Å². The topological polar surface area (TPSA) is 55.1 Å². The average Bonchev–Trinajstić information content (AvgIpc) is 2.08. The Morgan fingerprint density at radius 3 is 2.92 bits per heavy atom. The van der Waals surface area contributed by atoms with Gasteiger partial charge < -0.3 is 9.67 Å². The van der Waals surface area contributed by atoms with Crippen molar-refractivity contribution < 1.29 is 5.11 Å². The van der Waals surface area contributed by atoms with Gasteiger partial charge in [0.2, 0.25) is 0 Å². The lowest BCUT2D eigenvalue weighted by Crippen LogP contribution is -2.15. The van der Waals surface area contributed by atoms with Crippen molar-refractivity contribution in [2.45, 2.75) is 11.8 Å². The van der Waals surface area contributed by atoms with Gasteiger partial charge in [0.05, 0.1) is 12.3 Å². The highest BCUT2D eigenvalue weighted by Gasteiger charge is 2.03. The number of hydrogen-bond acceptors (Lipinski definition) is 4. The monoisotopic (exact) mass is 186 g/mol. The number of thioether (sulfide) groups is 1. The van der Waals surface area contributed by atoms with Crippen LogP contribution in [-0.2, 0) is 13.7 Å². The molecule has 0 aliphatic heterocycles. The van der Waals surface area contributed by atoms with Crippen LogP contribution >= 0.6 is 11.8 Å². The quantitative estimate of drug-likeness (QED) is 0.521. The van der Waals surface area contributed by atoms with Gasteiger partial charge in [-0.2, -0.15) is 4.98 Å². The van der Waals surface area contributed by atoms with E-state index in [1.165, 1.54) is 17.8 Å². The molecule has 5 heteroatoms. The van der Waals surface area contributed by atoms with E-state index < -0.39 is 0 Å². The summed E-state index contributed by atoms with van der Waals surface area (Å²) in [7, 11) is 1.77. The molecule has 0 bridgehead atoms. The molecule has 0 saturated heterocycles. The molecule has 1 aromatic heterocycles. The van der Waals surface area contributed by atoms with Crippen LogP contribution in [0.2, 0.25) is 0 Å². The molecule has 0 unspecified atom stereocenters. The lowest BCUT2D eigenvalue weighted by atomic mass is 10.4. The van der Waals surface area contributed by atoms with E-state index in [1.54, 1.807) is 11.6 Å². The largest absolute Gasteiger partial charge is 0.390 e. The second-order valence-corrected chi connectivity index (χ2v) is 3.06. The summed E-state index contributed by atoms with van der Waals surface area (Å²) in [5.41, 5.74) is 0.279. The minimum Gasteiger partial charge on any atom is -0.390 e. The lowest BCUT2D eigenvalue weighted by Gasteiger charge is -2.08. The van der Waals surface area contributed by atoms with Gasteiger partial charge in [-0.25, -0.2) is 0 Å². The summed E-state index contributed by atoms with van der Waals surface area (Å²) in [5.74, 6) is 0. The van der Waals surface area contributed by atoms with E-state index in [1.807, 2.05) is 6.26 Å². The molecule has 1 aromatic rings. The fourth-order valence-corrected chi connectivity index (χ4v) is 1.47. The zero-order valence-corrected chi connectivity index (χ0v) is 7.76. The molecule has 0 radical (unpaired) electrons. The van der Waals surface area contributed by atoms with Gasteiger partial charge in [0.15, 0.2) is 5.16 Å². The average molecular weight is 186 g/mol. The van der Waals surface area contributed by atoms with Crippen molar-refractivity contribution in [3.63, 3.8) is 0 Å². The summed E-state index contributed by atoms with van der Waals surface area (Å²) in [6, 6.07) is 1.33. The van der Waals surface area contributed by atoms with Gasteiger partial charge >= 0.3 is 0 Å². The van der Waals surface area contributed by atoms with Gasteiger partial charge in [0.25, 0.3) is 5.56 Å². The van der Waals surface area contributed by atoms with Gasteiger partial charge in [-0.3, -0.25) is 4.79 Å². The first-order valence-corrected chi connectivity index (χ1v) is 4.63. The molecular weight excluding hydrogens is 176 g/mol. The maximum Gasteiger partial charge on any atom is 0.273 e. The van der Waals surface area contributed by atoms with Crippen molar-refractivity contribution in [2.75, 3.05) is 6.26 Å². The van der Waals surface area contributed by atoms with E-state index in [4.69, 9.17) is 5.11 Å². The molecule has 4 nitrogen and oxygen atoms in total. The Morgan fingerprint density at radius 2 is 2.42 bits per heavy atom. The van der Waals surface area contributed by atoms with Crippen molar-refractivity contribution in [2.24, 2.45) is 7.05 Å². The second kappa shape index (κ2) is 3.73. The summed E-state index contributed by atoms with van der Waals surface area (Å²) < 4.78 is 1.70. The normalized spacial score (nSPS) is 10.2. The van der Waals surface area contributed by atoms with Crippen molar-refractivity contribution in [1.82, 2.24) is 9.55 Å². The van der Waals surface area contributed by atoms with Crippen LogP contribution in [0.4, 0.5) is 0 Å². The highest BCUT2D eigenvalue weighted by molar-refractivity contribution is 7.98. The van der Waals surface area contributed by atoms with Crippen molar-refractivity contribution in [1.29, 1.82) is 0 Å². The third-order valence-corrected chi connectivity index (χ3v) is 2.29. The zero-order chi connectivity index (χ0) is 9.14. The van der Waals surface area contributed by atoms with Gasteiger partial charge in [0.1, 0.15) is 0 Å². The van der Waals surface area contributed by atoms with Crippen LogP contribution in [0.1, 0.15) is 5.69 Å². The Morgan fingerprint density at radius 1 is 1.75 bits per heavy atom. The van der Waals surface area contributed by atoms with Crippen molar-refractivity contribution in [3.8, 4) is 0 Å². The van der Waals surface area contributed by atoms with E-state index in [-0.39, 0.29) is 12.2 Å². The van der Waals surface area contributed by atoms with E-state index in [2.05, 4.69) is 4.98 Å². The Labute approximate surface area is 74.3 Å². The van der Waals surface area contributed by atoms with Crippen LogP contribution in [-0.4, -0.2) is 20.9 Å². The summed E-state index contributed by atoms with van der Waals surface area (Å²) in [5, 5.41) is 9.48. The van der Waals surface area contributed by atoms with Gasteiger partial charge in [-0.05, 0) is 6.26 Å². The molecular formula is C7H10N2O2S. The zero-order valence-electron chi connectivity index (χ0n) is 6.94. The van der Waals surface area contributed by atoms with E-state index in [0.29, 0.717) is 10.9 Å². The van der Waals surface area contributed by atoms with Crippen LogP contribution in [0.3, 0.4) is 0 Å². The second-order valence-electron chi connectivity index (χ2n) is 2.29. The Hall–Kier alpha value is -0.810. The smallest absolute Gasteiger partial charge is 0.273 e. The number of aromatic nitrogens is 2.